The summed E-state index contributed by atoms with van der Waals surface area (Å²) >= 11 is 0. The van der Waals surface area contributed by atoms with Gasteiger partial charge in [-0.15, -0.1) is 0 Å². The molecule has 112 valence electrons. The molecule has 1 atom stereocenters. The molecule has 0 aliphatic heterocycles. The zero-order valence-corrected chi connectivity index (χ0v) is 11.7. The molecule has 0 aliphatic carbocycles. The Bertz CT molecular complexity index is 581. The number of anilines is 1. The van der Waals surface area contributed by atoms with E-state index in [1.807, 2.05) is 0 Å². The molecular weight excluding hydrogens is 277 g/mol. The highest BCUT2D eigenvalue weighted by Crippen LogP contribution is 2.16. The molecule has 3 N–H and O–H groups in total. The Morgan fingerprint density at radius 2 is 2.10 bits per heavy atom. The summed E-state index contributed by atoms with van der Waals surface area (Å²) in [7, 11) is 0. The molecule has 7 heteroatoms. The second-order valence-electron chi connectivity index (χ2n) is 4.83. The predicted octanol–water partition coefficient (Wildman–Crippen LogP) is 2.18. The maximum atomic E-state index is 13.0. The largest absolute Gasteiger partial charge is 0.481 e. The summed E-state index contributed by atoms with van der Waals surface area (Å²) in [6.07, 6.45) is 0. The highest BCUT2D eigenvalue weighted by molar-refractivity contribution is 5.91. The van der Waals surface area contributed by atoms with E-state index in [9.17, 15) is 14.0 Å². The molecule has 21 heavy (non-hydrogen) atoms. The molecule has 0 fully saturated rings. The molecule has 6 nitrogen and oxygen atoms in total. The Kier molecular flexibility index (Phi) is 5.67. The van der Waals surface area contributed by atoms with Crippen molar-refractivity contribution >= 4 is 17.7 Å². The topological polar surface area (TPSA) is 102 Å². The van der Waals surface area contributed by atoms with Gasteiger partial charge in [0.1, 0.15) is 11.9 Å². The molecule has 1 aromatic carbocycles. The van der Waals surface area contributed by atoms with Crippen LogP contribution in [0.25, 0.3) is 0 Å². The Morgan fingerprint density at radius 3 is 2.62 bits per heavy atom. The van der Waals surface area contributed by atoms with Crippen LogP contribution < -0.4 is 10.6 Å². The third kappa shape index (κ3) is 4.76. The third-order valence-electron chi connectivity index (χ3n) is 2.95. The molecule has 0 spiro atoms. The molecule has 0 saturated heterocycles. The van der Waals surface area contributed by atoms with Crippen molar-refractivity contribution in [1.29, 1.82) is 5.26 Å². The first-order valence-corrected chi connectivity index (χ1v) is 6.32. The highest BCUT2D eigenvalue weighted by Gasteiger charge is 2.22. The van der Waals surface area contributed by atoms with Crippen LogP contribution in [0, 0.1) is 29.0 Å². The lowest BCUT2D eigenvalue weighted by molar-refractivity contribution is -0.142. The van der Waals surface area contributed by atoms with Gasteiger partial charge in [-0.2, -0.15) is 5.26 Å². The fourth-order valence-corrected chi connectivity index (χ4v) is 1.70. The lowest BCUT2D eigenvalue weighted by atomic mass is 9.96. The molecule has 0 radical (unpaired) electrons. The van der Waals surface area contributed by atoms with Crippen LogP contribution in [0.4, 0.5) is 14.9 Å². The van der Waals surface area contributed by atoms with Crippen molar-refractivity contribution in [2.24, 2.45) is 11.8 Å². The van der Waals surface area contributed by atoms with Crippen molar-refractivity contribution in [2.45, 2.75) is 13.8 Å². The average molecular weight is 293 g/mol. The molecule has 0 bridgehead atoms. The van der Waals surface area contributed by atoms with Crippen molar-refractivity contribution in [3.05, 3.63) is 29.6 Å². The number of carbonyl (C=O) groups excluding carboxylic acids is 1. The van der Waals surface area contributed by atoms with Crippen molar-refractivity contribution in [1.82, 2.24) is 5.32 Å². The van der Waals surface area contributed by atoms with E-state index in [1.54, 1.807) is 19.9 Å². The predicted molar refractivity (Wildman–Crippen MR) is 74.1 cm³/mol. The first kappa shape index (κ1) is 16.4. The zero-order valence-electron chi connectivity index (χ0n) is 11.7. The molecule has 0 aliphatic rings. The minimum Gasteiger partial charge on any atom is -0.481 e. The van der Waals surface area contributed by atoms with Crippen molar-refractivity contribution in [2.75, 3.05) is 11.9 Å². The fourth-order valence-electron chi connectivity index (χ4n) is 1.70. The van der Waals surface area contributed by atoms with Crippen LogP contribution in [-0.2, 0) is 4.79 Å². The number of hydrogen-bond donors (Lipinski definition) is 3. The van der Waals surface area contributed by atoms with Crippen molar-refractivity contribution in [3.63, 3.8) is 0 Å². The van der Waals surface area contributed by atoms with Crippen LogP contribution in [0.2, 0.25) is 0 Å². The first-order valence-electron chi connectivity index (χ1n) is 6.32. The first-order chi connectivity index (χ1) is 9.85. The summed E-state index contributed by atoms with van der Waals surface area (Å²) in [4.78, 5) is 22.7. The number of aliphatic carboxylic acids is 1. The number of rotatable bonds is 5. The fraction of sp³-hybridized carbons (Fsp3) is 0.357. The van der Waals surface area contributed by atoms with Gasteiger partial charge in [0.2, 0.25) is 0 Å². The lowest BCUT2D eigenvalue weighted by Gasteiger charge is -2.17. The van der Waals surface area contributed by atoms with E-state index in [0.29, 0.717) is 0 Å². The van der Waals surface area contributed by atoms with Crippen LogP contribution in [-0.4, -0.2) is 23.7 Å². The number of nitriles is 1. The highest BCUT2D eigenvalue weighted by atomic mass is 19.1. The van der Waals surface area contributed by atoms with E-state index < -0.39 is 23.7 Å². The van der Waals surface area contributed by atoms with Gasteiger partial charge in [0, 0.05) is 6.54 Å². The quantitative estimate of drug-likeness (QED) is 0.774. The van der Waals surface area contributed by atoms with Gasteiger partial charge in [0.05, 0.1) is 17.2 Å². The van der Waals surface area contributed by atoms with Crippen LogP contribution in [0.15, 0.2) is 18.2 Å². The summed E-state index contributed by atoms with van der Waals surface area (Å²) in [5.41, 5.74) is 0.150. The Hall–Kier alpha value is -2.62. The number of nitrogens with zero attached hydrogens (tertiary/aromatic N) is 1. The van der Waals surface area contributed by atoms with Crippen LogP contribution >= 0.6 is 0 Å². The van der Waals surface area contributed by atoms with Gasteiger partial charge in [-0.3, -0.25) is 4.79 Å². The summed E-state index contributed by atoms with van der Waals surface area (Å²) in [6.45, 7) is 3.44. The van der Waals surface area contributed by atoms with E-state index in [-0.39, 0.29) is 23.7 Å². The van der Waals surface area contributed by atoms with Gasteiger partial charge in [-0.25, -0.2) is 9.18 Å². The molecule has 0 heterocycles. The second kappa shape index (κ2) is 7.24. The number of hydrogen-bond acceptors (Lipinski definition) is 3. The summed E-state index contributed by atoms with van der Waals surface area (Å²) in [5, 5.41) is 22.7. The normalized spacial score (nSPS) is 11.6. The molecule has 2 amide bonds. The number of amides is 2. The molecular formula is C14H16FN3O3. The van der Waals surface area contributed by atoms with E-state index in [1.165, 1.54) is 6.07 Å². The van der Waals surface area contributed by atoms with Crippen LogP contribution in [0.5, 0.6) is 0 Å². The number of carboxylic acid groups (broad SMARTS) is 1. The Labute approximate surface area is 121 Å². The minimum absolute atomic E-state index is 0.0104. The number of nitrogens with one attached hydrogen (secondary N) is 2. The number of urea groups is 1. The lowest BCUT2D eigenvalue weighted by Crippen LogP contribution is -2.37. The van der Waals surface area contributed by atoms with Gasteiger partial charge in [-0.1, -0.05) is 13.8 Å². The molecule has 0 saturated carbocycles. The number of carbonyl (C=O) groups is 2. The van der Waals surface area contributed by atoms with E-state index in [4.69, 9.17) is 10.4 Å². The molecule has 1 aromatic rings. The summed E-state index contributed by atoms with van der Waals surface area (Å²) in [5.74, 6) is -2.42. The molecule has 1 rings (SSSR count). The Morgan fingerprint density at radius 1 is 1.43 bits per heavy atom. The smallest absolute Gasteiger partial charge is 0.319 e. The Balaban J connectivity index is 2.67. The molecule has 0 aromatic heterocycles. The van der Waals surface area contributed by atoms with Crippen molar-refractivity contribution in [3.8, 4) is 6.07 Å². The van der Waals surface area contributed by atoms with E-state index >= 15 is 0 Å². The van der Waals surface area contributed by atoms with E-state index in [2.05, 4.69) is 10.6 Å². The van der Waals surface area contributed by atoms with Crippen LogP contribution in [0.1, 0.15) is 19.4 Å². The van der Waals surface area contributed by atoms with Gasteiger partial charge in [-0.05, 0) is 24.1 Å². The summed E-state index contributed by atoms with van der Waals surface area (Å²) < 4.78 is 13.0. The minimum atomic E-state index is -0.996. The van der Waals surface area contributed by atoms with Gasteiger partial charge < -0.3 is 15.7 Å². The van der Waals surface area contributed by atoms with E-state index in [0.717, 1.165) is 12.1 Å². The average Bonchev–Trinajstić information content (AvgIpc) is 2.40. The molecule has 1 unspecified atom stereocenters. The van der Waals surface area contributed by atoms with Gasteiger partial charge in [0.25, 0.3) is 0 Å². The number of carboxylic acids is 1. The standard InChI is InChI=1S/C14H16FN3O3/c1-8(2)11(13(19)20)7-17-14(21)18-12-4-3-10(15)5-9(12)6-16/h3-5,8,11H,7H2,1-2H3,(H,19,20)(H2,17,18,21). The monoisotopic (exact) mass is 293 g/mol. The maximum absolute atomic E-state index is 13.0. The van der Waals surface area contributed by atoms with Gasteiger partial charge in [0.15, 0.2) is 0 Å². The van der Waals surface area contributed by atoms with Crippen molar-refractivity contribution < 1.29 is 19.1 Å². The van der Waals surface area contributed by atoms with Gasteiger partial charge >= 0.3 is 12.0 Å². The second-order valence-corrected chi connectivity index (χ2v) is 4.83. The zero-order chi connectivity index (χ0) is 16.0. The van der Waals surface area contributed by atoms with Crippen LogP contribution in [0.3, 0.4) is 0 Å². The number of halogens is 1. The summed E-state index contributed by atoms with van der Waals surface area (Å²) in [6, 6.07) is 4.51. The number of benzene rings is 1. The maximum Gasteiger partial charge on any atom is 0.319 e. The third-order valence-corrected chi connectivity index (χ3v) is 2.95. The SMILES string of the molecule is CC(C)C(CNC(=O)Nc1ccc(F)cc1C#N)C(=O)O.